The molecule has 14 nitrogen and oxygen atoms in total. The van der Waals surface area contributed by atoms with Gasteiger partial charge in [-0.25, -0.2) is 4.98 Å². The number of pyridine rings is 1. The molecule has 14 heteroatoms. The van der Waals surface area contributed by atoms with Gasteiger partial charge in [0.1, 0.15) is 23.8 Å². The van der Waals surface area contributed by atoms with Crippen molar-refractivity contribution >= 4 is 35.3 Å². The fraction of sp³-hybridized carbons (Fsp3) is 0.615. The largest absolute Gasteiger partial charge is 0.345 e. The molecule has 1 saturated heterocycles. The van der Waals surface area contributed by atoms with E-state index in [0.29, 0.717) is 13.0 Å². The predicted molar refractivity (Wildman–Crippen MR) is 196 cm³/mol. The van der Waals surface area contributed by atoms with Crippen molar-refractivity contribution < 1.29 is 28.8 Å². The summed E-state index contributed by atoms with van der Waals surface area (Å²) in [6.07, 6.45) is 15.2. The second-order valence-electron chi connectivity index (χ2n) is 15.8. The van der Waals surface area contributed by atoms with E-state index in [1.165, 1.54) is 18.6 Å². The molecule has 5 rings (SSSR count). The number of carbonyl (C=O) groups is 6. The zero-order valence-electron chi connectivity index (χ0n) is 31.3. The number of hydrogen-bond acceptors (Lipinski definition) is 9. The molecule has 53 heavy (non-hydrogen) atoms. The number of likely N-dealkylation sites (tertiary alicyclic amines) is 1. The number of Topliss-reactive ketones (excluding diaryl/α,β-unsaturated/α-hetero) is 1. The van der Waals surface area contributed by atoms with E-state index in [4.69, 9.17) is 0 Å². The summed E-state index contributed by atoms with van der Waals surface area (Å²) in [5, 5.41) is 11.4. The number of ketones is 1. The van der Waals surface area contributed by atoms with Crippen LogP contribution in [0, 0.1) is 23.2 Å². The molecule has 0 radical (unpaired) electrons. The molecule has 3 aliphatic rings. The first-order valence-electron chi connectivity index (χ1n) is 19.1. The fourth-order valence-electron chi connectivity index (χ4n) is 8.15. The highest BCUT2D eigenvalue weighted by Crippen LogP contribution is 2.43. The van der Waals surface area contributed by atoms with Gasteiger partial charge in [-0.05, 0) is 73.0 Å². The Morgan fingerprint density at radius 3 is 2.26 bits per heavy atom. The Morgan fingerprint density at radius 2 is 1.60 bits per heavy atom. The van der Waals surface area contributed by atoms with Gasteiger partial charge in [0.2, 0.25) is 23.5 Å². The van der Waals surface area contributed by atoms with Gasteiger partial charge in [-0.1, -0.05) is 59.8 Å². The fourth-order valence-corrected chi connectivity index (χ4v) is 8.15. The van der Waals surface area contributed by atoms with E-state index in [2.05, 4.69) is 36.2 Å². The molecule has 0 bridgehead atoms. The minimum absolute atomic E-state index is 0.0908. The quantitative estimate of drug-likeness (QED) is 0.212. The third-order valence-electron chi connectivity index (χ3n) is 11.0. The van der Waals surface area contributed by atoms with Crippen LogP contribution in [-0.2, 0) is 30.5 Å². The van der Waals surface area contributed by atoms with Crippen molar-refractivity contribution in [2.24, 2.45) is 23.2 Å². The maximum Gasteiger partial charge on any atom is 0.289 e. The summed E-state index contributed by atoms with van der Waals surface area (Å²) in [4.78, 5) is 96.2. The first kappa shape index (κ1) is 39.5. The predicted octanol–water partition coefficient (Wildman–Crippen LogP) is 2.88. The maximum atomic E-state index is 14.7. The van der Waals surface area contributed by atoms with Crippen molar-refractivity contribution in [1.29, 1.82) is 0 Å². The summed E-state index contributed by atoms with van der Waals surface area (Å²) in [6, 6.07) is -0.372. The first-order valence-corrected chi connectivity index (χ1v) is 19.1. The molecule has 2 aromatic rings. The number of carbonyl (C=O) groups excluding carboxylic acids is 6. The van der Waals surface area contributed by atoms with Crippen molar-refractivity contribution in [3.8, 4) is 0 Å². The number of rotatable bonds is 14. The molecule has 2 saturated carbocycles. The highest BCUT2D eigenvalue weighted by atomic mass is 16.2. The van der Waals surface area contributed by atoms with E-state index in [1.807, 2.05) is 27.7 Å². The third-order valence-corrected chi connectivity index (χ3v) is 11.0. The van der Waals surface area contributed by atoms with Crippen LogP contribution in [0.5, 0.6) is 0 Å². The average Bonchev–Trinajstić information content (AvgIpc) is 3.77. The van der Waals surface area contributed by atoms with Gasteiger partial charge >= 0.3 is 0 Å². The number of aromatic nitrogens is 3. The Kier molecular flexibility index (Phi) is 13.3. The Morgan fingerprint density at radius 1 is 0.868 bits per heavy atom. The average molecular weight is 731 g/mol. The Hall–Kier alpha value is -4.75. The number of nitrogens with zero attached hydrogens (tertiary/aromatic N) is 4. The number of hydrogen-bond donors (Lipinski definition) is 4. The highest BCUT2D eigenvalue weighted by Gasteiger charge is 2.52. The van der Waals surface area contributed by atoms with Crippen LogP contribution in [-0.4, -0.2) is 85.9 Å². The standard InChI is InChI=1S/C39H54N8O6/c1-5-10-28(32(48)37(52)43-21-24-15-17-40-18-16-24)44-36(51)31-27-14-9-13-26(27)23-47(31)38(53)33(39(2,3)4)46-35(50)30(25-11-7-6-8-12-25)45-34(49)29-22-41-19-20-42-29/h15-20,22,25-28,30-31,33H,5-14,21,23H2,1-4H3,(H,43,52)(H,44,51)(H,45,49)(H,46,50)/t26-,27-,28-,30-,31-,33+/m0/s1. The van der Waals surface area contributed by atoms with Gasteiger partial charge in [-0.15, -0.1) is 0 Å². The lowest BCUT2D eigenvalue weighted by Gasteiger charge is -2.38. The number of fused-ring (bicyclic) bond motifs is 1. The van der Waals surface area contributed by atoms with Gasteiger partial charge in [0.05, 0.1) is 12.2 Å². The van der Waals surface area contributed by atoms with Crippen molar-refractivity contribution in [3.63, 3.8) is 0 Å². The van der Waals surface area contributed by atoms with Crippen molar-refractivity contribution in [3.05, 3.63) is 54.4 Å². The smallest absolute Gasteiger partial charge is 0.289 e. The molecule has 0 unspecified atom stereocenters. The normalized spacial score (nSPS) is 21.8. The summed E-state index contributed by atoms with van der Waals surface area (Å²) >= 11 is 0. The van der Waals surface area contributed by atoms with Crippen LogP contribution in [0.1, 0.15) is 108 Å². The first-order chi connectivity index (χ1) is 25.4. The van der Waals surface area contributed by atoms with Crippen LogP contribution >= 0.6 is 0 Å². The molecule has 5 amide bonds. The summed E-state index contributed by atoms with van der Waals surface area (Å²) < 4.78 is 0. The van der Waals surface area contributed by atoms with E-state index in [0.717, 1.165) is 56.9 Å². The molecule has 6 atom stereocenters. The van der Waals surface area contributed by atoms with E-state index in [1.54, 1.807) is 29.4 Å². The van der Waals surface area contributed by atoms with Gasteiger partial charge in [-0.2, -0.15) is 0 Å². The van der Waals surface area contributed by atoms with Crippen LogP contribution in [0.3, 0.4) is 0 Å². The van der Waals surface area contributed by atoms with Crippen LogP contribution in [0.2, 0.25) is 0 Å². The molecule has 0 spiro atoms. The molecule has 0 aromatic carbocycles. The lowest BCUT2D eigenvalue weighted by Crippen LogP contribution is -2.62. The van der Waals surface area contributed by atoms with E-state index in [9.17, 15) is 28.8 Å². The second-order valence-corrected chi connectivity index (χ2v) is 15.8. The molecule has 2 aliphatic carbocycles. The second kappa shape index (κ2) is 17.8. The summed E-state index contributed by atoms with van der Waals surface area (Å²) in [5.41, 5.74) is 0.113. The zero-order valence-corrected chi connectivity index (χ0v) is 31.3. The summed E-state index contributed by atoms with van der Waals surface area (Å²) in [7, 11) is 0. The monoisotopic (exact) mass is 730 g/mol. The topological polar surface area (TPSA) is 192 Å². The van der Waals surface area contributed by atoms with E-state index >= 15 is 0 Å². The van der Waals surface area contributed by atoms with Crippen molar-refractivity contribution in [2.75, 3.05) is 6.54 Å². The van der Waals surface area contributed by atoms with Crippen LogP contribution < -0.4 is 21.3 Å². The van der Waals surface area contributed by atoms with Crippen molar-refractivity contribution in [1.82, 2.24) is 41.1 Å². The minimum atomic E-state index is -1.06. The lowest BCUT2D eigenvalue weighted by atomic mass is 9.82. The van der Waals surface area contributed by atoms with Crippen LogP contribution in [0.25, 0.3) is 0 Å². The third kappa shape index (κ3) is 9.82. The van der Waals surface area contributed by atoms with E-state index < -0.39 is 64.9 Å². The van der Waals surface area contributed by atoms with Gasteiger partial charge in [0.25, 0.3) is 11.8 Å². The molecule has 2 aromatic heterocycles. The van der Waals surface area contributed by atoms with Crippen LogP contribution in [0.4, 0.5) is 0 Å². The van der Waals surface area contributed by atoms with Gasteiger partial charge < -0.3 is 26.2 Å². The van der Waals surface area contributed by atoms with Gasteiger partial charge in [-0.3, -0.25) is 38.7 Å². The number of amides is 5. The molecule has 286 valence electrons. The number of nitrogens with one attached hydrogen (secondary N) is 4. The lowest BCUT2D eigenvalue weighted by molar-refractivity contribution is -0.146. The minimum Gasteiger partial charge on any atom is -0.345 e. The Labute approximate surface area is 311 Å². The van der Waals surface area contributed by atoms with E-state index in [-0.39, 0.29) is 36.4 Å². The van der Waals surface area contributed by atoms with Gasteiger partial charge in [0.15, 0.2) is 0 Å². The Balaban J connectivity index is 1.34. The molecular formula is C39H54N8O6. The SMILES string of the molecule is CCC[C@H](NC(=O)[C@@H]1[C@H]2CCC[C@H]2CN1C(=O)[C@@H](NC(=O)[C@@H](NC(=O)c1cnccn1)C1CCCCC1)C(C)(C)C)C(=O)C(=O)NCc1ccncc1. The molecule has 3 fully saturated rings. The highest BCUT2D eigenvalue weighted by molar-refractivity contribution is 6.38. The zero-order chi connectivity index (χ0) is 38.1. The maximum absolute atomic E-state index is 14.7. The molecule has 4 N–H and O–H groups in total. The molecular weight excluding hydrogens is 676 g/mol. The molecule has 1 aliphatic heterocycles. The van der Waals surface area contributed by atoms with Crippen LogP contribution in [0.15, 0.2) is 43.1 Å². The summed E-state index contributed by atoms with van der Waals surface area (Å²) in [6.45, 7) is 7.92. The van der Waals surface area contributed by atoms with Gasteiger partial charge in [0, 0.05) is 37.9 Å². The van der Waals surface area contributed by atoms with Crippen molar-refractivity contribution in [2.45, 2.75) is 123 Å². The summed E-state index contributed by atoms with van der Waals surface area (Å²) in [5.74, 6) is -3.54. The Bertz CT molecular complexity index is 1610. The molecule has 3 heterocycles.